The fourth-order valence-electron chi connectivity index (χ4n) is 1.52. The Hall–Kier alpha value is -1.23. The van der Waals surface area contributed by atoms with Crippen molar-refractivity contribution in [2.45, 2.75) is 13.3 Å². The molecule has 1 saturated heterocycles. The van der Waals surface area contributed by atoms with Crippen LogP contribution < -0.4 is 4.90 Å². The Balaban J connectivity index is 2.35. The number of imide groups is 1. The van der Waals surface area contributed by atoms with E-state index >= 15 is 0 Å². The number of aromatic nitrogens is 1. The molecule has 0 radical (unpaired) electrons. The number of anilines is 1. The molecule has 1 aliphatic heterocycles. The Morgan fingerprint density at radius 2 is 2.20 bits per heavy atom. The van der Waals surface area contributed by atoms with Crippen molar-refractivity contribution in [3.05, 3.63) is 22.8 Å². The first-order valence-corrected chi connectivity index (χ1v) is 5.37. The van der Waals surface area contributed by atoms with Crippen LogP contribution in [0.25, 0.3) is 0 Å². The summed E-state index contributed by atoms with van der Waals surface area (Å²) in [4.78, 5) is 28.4. The van der Waals surface area contributed by atoms with E-state index in [-0.39, 0.29) is 24.2 Å². The molecule has 1 fully saturated rings. The second kappa shape index (κ2) is 3.73. The highest BCUT2D eigenvalue weighted by molar-refractivity contribution is 9.10. The summed E-state index contributed by atoms with van der Waals surface area (Å²) in [7, 11) is 0. The minimum absolute atomic E-state index is 0.171. The summed E-state index contributed by atoms with van der Waals surface area (Å²) in [6.45, 7) is 1.75. The van der Waals surface area contributed by atoms with E-state index in [0.29, 0.717) is 5.82 Å². The van der Waals surface area contributed by atoms with Crippen LogP contribution in [0.4, 0.5) is 5.82 Å². The van der Waals surface area contributed by atoms with E-state index in [1.165, 1.54) is 0 Å². The normalized spacial score (nSPS) is 21.2. The Bertz CT molecular complexity index is 416. The van der Waals surface area contributed by atoms with Crippen molar-refractivity contribution in [1.29, 1.82) is 0 Å². The Morgan fingerprint density at radius 1 is 1.47 bits per heavy atom. The molecule has 1 aromatic heterocycles. The van der Waals surface area contributed by atoms with Gasteiger partial charge in [0.1, 0.15) is 5.82 Å². The molecular formula is C10H9BrN2O2. The van der Waals surface area contributed by atoms with Crippen LogP contribution in [-0.4, -0.2) is 16.8 Å². The van der Waals surface area contributed by atoms with Crippen molar-refractivity contribution >= 4 is 33.6 Å². The van der Waals surface area contributed by atoms with Crippen LogP contribution in [0.5, 0.6) is 0 Å². The van der Waals surface area contributed by atoms with E-state index < -0.39 is 0 Å². The summed E-state index contributed by atoms with van der Waals surface area (Å²) in [5.74, 6) is -0.183. The molecule has 0 N–H and O–H groups in total. The van der Waals surface area contributed by atoms with Gasteiger partial charge in [-0.25, -0.2) is 9.88 Å². The van der Waals surface area contributed by atoms with E-state index in [9.17, 15) is 9.59 Å². The number of rotatable bonds is 1. The zero-order valence-electron chi connectivity index (χ0n) is 8.11. The second-order valence-electron chi connectivity index (χ2n) is 3.51. The van der Waals surface area contributed by atoms with Gasteiger partial charge in [0.2, 0.25) is 11.8 Å². The zero-order valence-corrected chi connectivity index (χ0v) is 9.69. The van der Waals surface area contributed by atoms with Crippen molar-refractivity contribution in [2.75, 3.05) is 4.90 Å². The number of amides is 2. The van der Waals surface area contributed by atoms with Gasteiger partial charge in [0.15, 0.2) is 0 Å². The van der Waals surface area contributed by atoms with Gasteiger partial charge >= 0.3 is 0 Å². The van der Waals surface area contributed by atoms with Gasteiger partial charge in [0, 0.05) is 23.0 Å². The van der Waals surface area contributed by atoms with Crippen molar-refractivity contribution in [2.24, 2.45) is 5.92 Å². The predicted molar refractivity (Wildman–Crippen MR) is 58.2 cm³/mol. The van der Waals surface area contributed by atoms with Crippen LogP contribution in [0.2, 0.25) is 0 Å². The zero-order chi connectivity index (χ0) is 11.0. The smallest absolute Gasteiger partial charge is 0.238 e. The molecule has 0 bridgehead atoms. The van der Waals surface area contributed by atoms with Gasteiger partial charge in [-0.1, -0.05) is 6.92 Å². The van der Waals surface area contributed by atoms with Crippen LogP contribution in [-0.2, 0) is 9.59 Å². The van der Waals surface area contributed by atoms with Gasteiger partial charge in [-0.3, -0.25) is 9.59 Å². The van der Waals surface area contributed by atoms with Crippen LogP contribution in [0.1, 0.15) is 13.3 Å². The molecule has 0 aromatic carbocycles. The van der Waals surface area contributed by atoms with Gasteiger partial charge in [-0.15, -0.1) is 0 Å². The molecule has 2 heterocycles. The minimum atomic E-state index is -0.233. The molecule has 1 aromatic rings. The minimum Gasteiger partial charge on any atom is -0.274 e. The first kappa shape index (κ1) is 10.3. The lowest BCUT2D eigenvalue weighted by Gasteiger charge is -2.12. The van der Waals surface area contributed by atoms with Crippen LogP contribution in [0.15, 0.2) is 22.8 Å². The Labute approximate surface area is 95.4 Å². The number of hydrogen-bond acceptors (Lipinski definition) is 3. The molecule has 2 amide bonds. The Kier molecular flexibility index (Phi) is 2.56. The highest BCUT2D eigenvalue weighted by Gasteiger charge is 2.37. The fourth-order valence-corrected chi connectivity index (χ4v) is 1.76. The number of pyridine rings is 1. The summed E-state index contributed by atoms with van der Waals surface area (Å²) in [5, 5.41) is 0. The van der Waals surface area contributed by atoms with Crippen LogP contribution in [0, 0.1) is 5.92 Å². The highest BCUT2D eigenvalue weighted by Crippen LogP contribution is 2.24. The number of carbonyl (C=O) groups excluding carboxylic acids is 2. The molecule has 1 unspecified atom stereocenters. The van der Waals surface area contributed by atoms with Gasteiger partial charge in [0.25, 0.3) is 0 Å². The lowest BCUT2D eigenvalue weighted by Crippen LogP contribution is -2.30. The molecule has 0 spiro atoms. The maximum absolute atomic E-state index is 11.7. The van der Waals surface area contributed by atoms with Gasteiger partial charge in [-0.2, -0.15) is 0 Å². The molecule has 0 aliphatic carbocycles. The first-order valence-electron chi connectivity index (χ1n) is 4.58. The van der Waals surface area contributed by atoms with E-state index in [1.54, 1.807) is 25.3 Å². The fraction of sp³-hybridized carbons (Fsp3) is 0.300. The predicted octanol–water partition coefficient (Wildman–Crippen LogP) is 1.74. The molecular weight excluding hydrogens is 260 g/mol. The van der Waals surface area contributed by atoms with Gasteiger partial charge in [-0.05, 0) is 28.1 Å². The number of hydrogen-bond donors (Lipinski definition) is 0. The maximum atomic E-state index is 11.7. The molecule has 2 rings (SSSR count). The molecule has 15 heavy (non-hydrogen) atoms. The number of nitrogens with zero attached hydrogens (tertiary/aromatic N) is 2. The summed E-state index contributed by atoms with van der Waals surface area (Å²) in [5.41, 5.74) is 0. The summed E-state index contributed by atoms with van der Waals surface area (Å²) < 4.78 is 0.818. The quantitative estimate of drug-likeness (QED) is 0.730. The largest absolute Gasteiger partial charge is 0.274 e. The average molecular weight is 269 g/mol. The van der Waals surface area contributed by atoms with Gasteiger partial charge < -0.3 is 0 Å². The van der Waals surface area contributed by atoms with E-state index in [1.807, 2.05) is 0 Å². The third-order valence-corrected chi connectivity index (χ3v) is 2.78. The van der Waals surface area contributed by atoms with Crippen molar-refractivity contribution in [3.63, 3.8) is 0 Å². The third kappa shape index (κ3) is 1.79. The molecule has 78 valence electrons. The number of carbonyl (C=O) groups is 2. The summed E-state index contributed by atoms with van der Waals surface area (Å²) in [6.07, 6.45) is 1.84. The van der Waals surface area contributed by atoms with Gasteiger partial charge in [0.05, 0.1) is 0 Å². The average Bonchev–Trinajstić information content (AvgIpc) is 2.44. The number of halogens is 1. The third-order valence-electron chi connectivity index (χ3n) is 2.31. The van der Waals surface area contributed by atoms with Crippen LogP contribution in [0.3, 0.4) is 0 Å². The lowest BCUT2D eigenvalue weighted by atomic mass is 10.1. The van der Waals surface area contributed by atoms with Crippen LogP contribution >= 0.6 is 15.9 Å². The van der Waals surface area contributed by atoms with Crippen molar-refractivity contribution in [3.8, 4) is 0 Å². The molecule has 5 heteroatoms. The molecule has 4 nitrogen and oxygen atoms in total. The topological polar surface area (TPSA) is 50.3 Å². The second-order valence-corrected chi connectivity index (χ2v) is 4.42. The summed E-state index contributed by atoms with van der Waals surface area (Å²) >= 11 is 3.25. The van der Waals surface area contributed by atoms with Crippen molar-refractivity contribution < 1.29 is 9.59 Å². The van der Waals surface area contributed by atoms with E-state index in [4.69, 9.17) is 0 Å². The Morgan fingerprint density at radius 3 is 2.67 bits per heavy atom. The lowest BCUT2D eigenvalue weighted by molar-refractivity contribution is -0.122. The van der Waals surface area contributed by atoms with E-state index in [2.05, 4.69) is 20.9 Å². The summed E-state index contributed by atoms with van der Waals surface area (Å²) in [6, 6.07) is 3.41. The first-order chi connectivity index (χ1) is 7.09. The standard InChI is InChI=1S/C10H9BrN2O2/c1-6-4-9(14)13(10(6)15)8-3-2-7(11)5-12-8/h2-3,5-6H,4H2,1H3. The SMILES string of the molecule is CC1CC(=O)N(c2ccc(Br)cn2)C1=O. The monoisotopic (exact) mass is 268 g/mol. The van der Waals surface area contributed by atoms with E-state index in [0.717, 1.165) is 9.37 Å². The molecule has 0 saturated carbocycles. The maximum Gasteiger partial charge on any atom is 0.238 e. The highest BCUT2D eigenvalue weighted by atomic mass is 79.9. The molecule has 1 atom stereocenters. The van der Waals surface area contributed by atoms with Crippen molar-refractivity contribution in [1.82, 2.24) is 4.98 Å². The molecule has 1 aliphatic rings.